The van der Waals surface area contributed by atoms with Gasteiger partial charge in [-0.15, -0.1) is 0 Å². The number of aromatic amines is 1. The van der Waals surface area contributed by atoms with Crippen molar-refractivity contribution in [2.45, 2.75) is 13.3 Å². The number of aromatic nitrogens is 2. The van der Waals surface area contributed by atoms with Gasteiger partial charge in [-0.05, 0) is 36.8 Å². The first-order valence-corrected chi connectivity index (χ1v) is 7.91. The molecule has 1 heterocycles. The summed E-state index contributed by atoms with van der Waals surface area (Å²) in [5.74, 6) is -1.58. The van der Waals surface area contributed by atoms with Gasteiger partial charge < -0.3 is 10.3 Å². The van der Waals surface area contributed by atoms with Gasteiger partial charge in [0.05, 0.1) is 17.5 Å². The van der Waals surface area contributed by atoms with Gasteiger partial charge in [0.1, 0.15) is 5.69 Å². The van der Waals surface area contributed by atoms with Crippen LogP contribution in [-0.2, 0) is 16.0 Å². The van der Waals surface area contributed by atoms with Gasteiger partial charge in [-0.2, -0.15) is 0 Å². The molecule has 0 bridgehead atoms. The minimum atomic E-state index is -0.820. The Kier molecular flexibility index (Phi) is 4.63. The summed E-state index contributed by atoms with van der Waals surface area (Å²) in [5, 5.41) is 3.00. The molecule has 0 unspecified atom stereocenters. The summed E-state index contributed by atoms with van der Waals surface area (Å²) in [4.78, 5) is 43.1. The SMILES string of the molecule is Cc1c(Cl)cccc1NC(=O)C(=O)Cc1nc2ccccc2[nH]c1=O. The number of rotatable bonds is 4. The monoisotopic (exact) mass is 355 g/mol. The number of H-pyrrole nitrogens is 1. The second kappa shape index (κ2) is 6.86. The summed E-state index contributed by atoms with van der Waals surface area (Å²) in [5.41, 5.74) is 1.75. The van der Waals surface area contributed by atoms with Crippen LogP contribution in [0.5, 0.6) is 0 Å². The molecule has 3 rings (SSSR count). The number of carbonyl (C=O) groups is 2. The number of ketones is 1. The van der Waals surface area contributed by atoms with Crippen LogP contribution in [0, 0.1) is 6.92 Å². The predicted molar refractivity (Wildman–Crippen MR) is 95.9 cm³/mol. The molecule has 0 atom stereocenters. The lowest BCUT2D eigenvalue weighted by atomic mass is 10.1. The van der Waals surface area contributed by atoms with Gasteiger partial charge in [-0.3, -0.25) is 14.4 Å². The fourth-order valence-electron chi connectivity index (χ4n) is 2.35. The van der Waals surface area contributed by atoms with E-state index in [9.17, 15) is 14.4 Å². The van der Waals surface area contributed by atoms with Crippen LogP contribution in [0.3, 0.4) is 0 Å². The smallest absolute Gasteiger partial charge is 0.292 e. The van der Waals surface area contributed by atoms with Crippen molar-refractivity contribution >= 4 is 40.0 Å². The Morgan fingerprint density at radius 3 is 2.72 bits per heavy atom. The van der Waals surface area contributed by atoms with Crippen molar-refractivity contribution in [3.63, 3.8) is 0 Å². The quantitative estimate of drug-likeness (QED) is 0.704. The van der Waals surface area contributed by atoms with Gasteiger partial charge >= 0.3 is 0 Å². The first kappa shape index (κ1) is 16.9. The maximum atomic E-state index is 12.2. The third kappa shape index (κ3) is 3.59. The minimum Gasteiger partial charge on any atom is -0.319 e. The average molecular weight is 356 g/mol. The van der Waals surface area contributed by atoms with E-state index in [1.165, 1.54) is 0 Å². The van der Waals surface area contributed by atoms with E-state index in [0.29, 0.717) is 27.3 Å². The number of anilines is 1. The maximum absolute atomic E-state index is 12.2. The summed E-state index contributed by atoms with van der Waals surface area (Å²) in [6, 6.07) is 12.0. The number of Topliss-reactive ketones (excluding diaryl/α,β-unsaturated/α-hetero) is 1. The molecule has 1 aromatic heterocycles. The molecule has 0 aliphatic carbocycles. The second-order valence-electron chi connectivity index (χ2n) is 5.50. The normalized spacial score (nSPS) is 10.6. The maximum Gasteiger partial charge on any atom is 0.292 e. The number of amides is 1. The molecule has 0 radical (unpaired) electrons. The number of halogens is 1. The van der Waals surface area contributed by atoms with Crippen molar-refractivity contribution in [2.24, 2.45) is 0 Å². The van der Waals surface area contributed by atoms with Crippen LogP contribution < -0.4 is 10.9 Å². The van der Waals surface area contributed by atoms with Crippen LogP contribution in [0.4, 0.5) is 5.69 Å². The number of para-hydroxylation sites is 2. The number of carbonyl (C=O) groups excluding carboxylic acids is 2. The van der Waals surface area contributed by atoms with Crippen molar-refractivity contribution < 1.29 is 9.59 Å². The van der Waals surface area contributed by atoms with Crippen LogP contribution in [-0.4, -0.2) is 21.7 Å². The summed E-state index contributed by atoms with van der Waals surface area (Å²) in [6.45, 7) is 1.73. The van der Waals surface area contributed by atoms with E-state index in [0.717, 1.165) is 0 Å². The molecule has 126 valence electrons. The molecule has 3 aromatic rings. The van der Waals surface area contributed by atoms with E-state index < -0.39 is 17.2 Å². The Bertz CT molecular complexity index is 1040. The van der Waals surface area contributed by atoms with E-state index in [2.05, 4.69) is 15.3 Å². The predicted octanol–water partition coefficient (Wildman–Crippen LogP) is 2.64. The van der Waals surface area contributed by atoms with Crippen LogP contribution in [0.15, 0.2) is 47.3 Å². The molecule has 7 heteroatoms. The Hall–Kier alpha value is -2.99. The Morgan fingerprint density at radius 1 is 1.16 bits per heavy atom. The van der Waals surface area contributed by atoms with E-state index in [-0.39, 0.29) is 12.1 Å². The zero-order chi connectivity index (χ0) is 18.0. The Balaban J connectivity index is 1.80. The number of hydrogen-bond acceptors (Lipinski definition) is 4. The molecule has 0 aliphatic rings. The van der Waals surface area contributed by atoms with Gasteiger partial charge in [-0.1, -0.05) is 29.8 Å². The molecule has 0 aliphatic heterocycles. The van der Waals surface area contributed by atoms with E-state index in [1.54, 1.807) is 49.4 Å². The van der Waals surface area contributed by atoms with Crippen LogP contribution in [0.1, 0.15) is 11.3 Å². The van der Waals surface area contributed by atoms with Crippen molar-refractivity contribution in [1.29, 1.82) is 0 Å². The van der Waals surface area contributed by atoms with E-state index >= 15 is 0 Å². The average Bonchev–Trinajstić information content (AvgIpc) is 2.59. The molecule has 2 aromatic carbocycles. The lowest BCUT2D eigenvalue weighted by molar-refractivity contribution is -0.134. The molecular formula is C18H14ClN3O3. The zero-order valence-corrected chi connectivity index (χ0v) is 14.1. The highest BCUT2D eigenvalue weighted by molar-refractivity contribution is 6.41. The van der Waals surface area contributed by atoms with Crippen LogP contribution in [0.2, 0.25) is 5.02 Å². The molecule has 6 nitrogen and oxygen atoms in total. The number of nitrogens with zero attached hydrogens (tertiary/aromatic N) is 1. The molecule has 0 fully saturated rings. The molecule has 1 amide bonds. The van der Waals surface area contributed by atoms with Gasteiger partial charge in [0.2, 0.25) is 5.78 Å². The first-order chi connectivity index (χ1) is 12.0. The molecule has 0 saturated heterocycles. The van der Waals surface area contributed by atoms with Crippen molar-refractivity contribution in [2.75, 3.05) is 5.32 Å². The van der Waals surface area contributed by atoms with Gasteiger partial charge in [0.25, 0.3) is 11.5 Å². The lowest BCUT2D eigenvalue weighted by Gasteiger charge is -2.08. The molecule has 0 spiro atoms. The molecule has 25 heavy (non-hydrogen) atoms. The highest BCUT2D eigenvalue weighted by Gasteiger charge is 2.18. The number of nitrogens with one attached hydrogen (secondary N) is 2. The third-order valence-electron chi connectivity index (χ3n) is 3.77. The summed E-state index contributed by atoms with van der Waals surface area (Å²) < 4.78 is 0. The summed E-state index contributed by atoms with van der Waals surface area (Å²) in [6.07, 6.45) is -0.383. The zero-order valence-electron chi connectivity index (χ0n) is 13.3. The van der Waals surface area contributed by atoms with Crippen LogP contribution >= 0.6 is 11.6 Å². The molecular weight excluding hydrogens is 342 g/mol. The van der Waals surface area contributed by atoms with Gasteiger partial charge in [0.15, 0.2) is 0 Å². The minimum absolute atomic E-state index is 0.00154. The third-order valence-corrected chi connectivity index (χ3v) is 4.18. The standard InChI is InChI=1S/C18H14ClN3O3/c1-10-11(19)5-4-8-12(10)21-18(25)16(23)9-15-17(24)22-14-7-3-2-6-13(14)20-15/h2-8H,9H2,1H3,(H,21,25)(H,22,24). The van der Waals surface area contributed by atoms with Gasteiger partial charge in [-0.25, -0.2) is 4.98 Å². The summed E-state index contributed by atoms with van der Waals surface area (Å²) >= 11 is 5.99. The first-order valence-electron chi connectivity index (χ1n) is 7.53. The van der Waals surface area contributed by atoms with Crippen molar-refractivity contribution in [3.8, 4) is 0 Å². The molecule has 0 saturated carbocycles. The number of benzene rings is 2. The van der Waals surface area contributed by atoms with Crippen molar-refractivity contribution in [3.05, 3.63) is 69.1 Å². The fraction of sp³-hybridized carbons (Fsp3) is 0.111. The van der Waals surface area contributed by atoms with Crippen molar-refractivity contribution in [1.82, 2.24) is 9.97 Å². The highest BCUT2D eigenvalue weighted by Crippen LogP contribution is 2.22. The number of hydrogen-bond donors (Lipinski definition) is 2. The fourth-order valence-corrected chi connectivity index (χ4v) is 2.53. The Morgan fingerprint density at radius 2 is 1.92 bits per heavy atom. The Labute approximate surface area is 147 Å². The number of fused-ring (bicyclic) bond motifs is 1. The van der Waals surface area contributed by atoms with E-state index in [4.69, 9.17) is 11.6 Å². The molecule has 2 N–H and O–H groups in total. The van der Waals surface area contributed by atoms with E-state index in [1.807, 2.05) is 0 Å². The second-order valence-corrected chi connectivity index (χ2v) is 5.90. The highest BCUT2D eigenvalue weighted by atomic mass is 35.5. The largest absolute Gasteiger partial charge is 0.319 e. The van der Waals surface area contributed by atoms with Crippen LogP contribution in [0.25, 0.3) is 11.0 Å². The lowest BCUT2D eigenvalue weighted by Crippen LogP contribution is -2.28. The topological polar surface area (TPSA) is 91.9 Å². The summed E-state index contributed by atoms with van der Waals surface area (Å²) in [7, 11) is 0. The van der Waals surface area contributed by atoms with Gasteiger partial charge in [0, 0.05) is 10.7 Å².